The van der Waals surface area contributed by atoms with E-state index in [0.29, 0.717) is 13.0 Å². The second-order valence-corrected chi connectivity index (χ2v) is 5.18. The average molecular weight is 253 g/mol. The van der Waals surface area contributed by atoms with Crippen LogP contribution < -0.4 is 5.32 Å². The highest BCUT2D eigenvalue weighted by Gasteiger charge is 2.35. The lowest BCUT2D eigenvalue weighted by molar-refractivity contribution is -0.127. The molecule has 0 aliphatic carbocycles. The van der Waals surface area contributed by atoms with Gasteiger partial charge in [-0.25, -0.2) is 4.79 Å². The fraction of sp³-hybridized carbons (Fsp3) is 0.692. The van der Waals surface area contributed by atoms with E-state index in [-0.39, 0.29) is 18.2 Å². The van der Waals surface area contributed by atoms with E-state index in [1.807, 2.05) is 0 Å². The van der Waals surface area contributed by atoms with Gasteiger partial charge in [-0.15, -0.1) is 6.42 Å². The Morgan fingerprint density at radius 3 is 2.72 bits per heavy atom. The monoisotopic (exact) mass is 253 g/mol. The zero-order chi connectivity index (χ0) is 13.8. The van der Waals surface area contributed by atoms with Gasteiger partial charge in [-0.1, -0.05) is 5.92 Å². The van der Waals surface area contributed by atoms with Crippen LogP contribution in [0.5, 0.6) is 0 Å². The fourth-order valence-corrected chi connectivity index (χ4v) is 1.71. The van der Waals surface area contributed by atoms with E-state index in [2.05, 4.69) is 11.2 Å². The molecule has 1 saturated heterocycles. The number of hydrogen-bond acceptors (Lipinski definition) is 4. The predicted molar refractivity (Wildman–Crippen MR) is 66.0 cm³/mol. The molecule has 100 valence electrons. The summed E-state index contributed by atoms with van der Waals surface area (Å²) in [6.45, 7) is 5.76. The van der Waals surface area contributed by atoms with Crippen LogP contribution in [-0.4, -0.2) is 36.2 Å². The number of hydrogen-bond donors (Lipinski definition) is 1. The first-order valence-corrected chi connectivity index (χ1v) is 5.91. The molecule has 5 nitrogen and oxygen atoms in total. The molecule has 1 amide bonds. The average Bonchev–Trinajstić information content (AvgIpc) is 2.62. The second kappa shape index (κ2) is 5.87. The van der Waals surface area contributed by atoms with E-state index < -0.39 is 17.8 Å². The van der Waals surface area contributed by atoms with Gasteiger partial charge in [0.25, 0.3) is 0 Å². The molecule has 2 atom stereocenters. The fourth-order valence-electron chi connectivity index (χ4n) is 1.71. The summed E-state index contributed by atoms with van der Waals surface area (Å²) in [7, 11) is 0. The van der Waals surface area contributed by atoms with Gasteiger partial charge in [0.2, 0.25) is 0 Å². The molecular formula is C13H19NO4. The van der Waals surface area contributed by atoms with Gasteiger partial charge in [-0.3, -0.25) is 4.79 Å². The normalized spacial score (nSPS) is 23.2. The Morgan fingerprint density at radius 1 is 1.50 bits per heavy atom. The second-order valence-electron chi connectivity index (χ2n) is 5.18. The van der Waals surface area contributed by atoms with Crippen LogP contribution >= 0.6 is 0 Å². The van der Waals surface area contributed by atoms with Crippen molar-refractivity contribution < 1.29 is 19.1 Å². The molecule has 1 heterocycles. The summed E-state index contributed by atoms with van der Waals surface area (Å²) in [5.41, 5.74) is -0.568. The molecule has 2 unspecified atom stereocenters. The first kappa shape index (κ1) is 14.5. The minimum absolute atomic E-state index is 0.0111. The van der Waals surface area contributed by atoms with E-state index in [0.717, 1.165) is 0 Å². The van der Waals surface area contributed by atoms with Gasteiger partial charge in [0.15, 0.2) is 5.78 Å². The molecule has 1 aliphatic rings. The molecule has 0 saturated carbocycles. The highest BCUT2D eigenvalue weighted by Crippen LogP contribution is 2.16. The van der Waals surface area contributed by atoms with Crippen LogP contribution in [0.4, 0.5) is 4.79 Å². The van der Waals surface area contributed by atoms with Gasteiger partial charge in [0, 0.05) is 6.61 Å². The first-order valence-electron chi connectivity index (χ1n) is 5.91. The van der Waals surface area contributed by atoms with Crippen LogP contribution in [0.25, 0.3) is 0 Å². The molecule has 0 aromatic heterocycles. The Balaban J connectivity index is 2.53. The van der Waals surface area contributed by atoms with Crippen LogP contribution in [0.15, 0.2) is 0 Å². The van der Waals surface area contributed by atoms with Crippen molar-refractivity contribution in [1.82, 2.24) is 5.32 Å². The lowest BCUT2D eigenvalue weighted by Crippen LogP contribution is -2.45. The topological polar surface area (TPSA) is 64.6 Å². The number of amides is 1. The van der Waals surface area contributed by atoms with Crippen molar-refractivity contribution in [2.24, 2.45) is 0 Å². The molecule has 0 spiro atoms. The maximum absolute atomic E-state index is 11.7. The van der Waals surface area contributed by atoms with Crippen molar-refractivity contribution in [3.05, 3.63) is 0 Å². The highest BCUT2D eigenvalue weighted by molar-refractivity contribution is 5.86. The number of ketones is 1. The van der Waals surface area contributed by atoms with Crippen molar-refractivity contribution in [2.45, 2.75) is 51.4 Å². The quantitative estimate of drug-likeness (QED) is 0.769. The lowest BCUT2D eigenvalue weighted by atomic mass is 10.0. The summed E-state index contributed by atoms with van der Waals surface area (Å²) in [4.78, 5) is 23.3. The summed E-state index contributed by atoms with van der Waals surface area (Å²) < 4.78 is 10.4. The van der Waals surface area contributed by atoms with Crippen molar-refractivity contribution in [2.75, 3.05) is 6.61 Å². The Bertz CT molecular complexity index is 364. The van der Waals surface area contributed by atoms with Crippen LogP contribution in [0.1, 0.15) is 33.6 Å². The molecule has 1 N–H and O–H groups in total. The molecule has 1 fully saturated rings. The summed E-state index contributed by atoms with van der Waals surface area (Å²) in [5.74, 6) is 2.10. The van der Waals surface area contributed by atoms with Gasteiger partial charge in [-0.2, -0.15) is 0 Å². The van der Waals surface area contributed by atoms with Gasteiger partial charge in [-0.05, 0) is 27.2 Å². The summed E-state index contributed by atoms with van der Waals surface area (Å²) in [6.07, 6.45) is 4.48. The number of nitrogens with one attached hydrogen (secondary N) is 1. The third kappa shape index (κ3) is 4.38. The minimum atomic E-state index is -0.659. The number of Topliss-reactive ketones (excluding diaryl/α,β-unsaturated/α-hetero) is 1. The Kier molecular flexibility index (Phi) is 4.74. The van der Waals surface area contributed by atoms with Crippen LogP contribution in [0.3, 0.4) is 0 Å². The van der Waals surface area contributed by atoms with E-state index >= 15 is 0 Å². The van der Waals surface area contributed by atoms with Crippen molar-refractivity contribution in [3.63, 3.8) is 0 Å². The van der Waals surface area contributed by atoms with Crippen LogP contribution in [0.2, 0.25) is 0 Å². The number of carbonyl (C=O) groups is 2. The number of carbonyl (C=O) groups excluding carboxylic acids is 2. The maximum Gasteiger partial charge on any atom is 0.407 e. The third-order valence-electron chi connectivity index (χ3n) is 2.39. The van der Waals surface area contributed by atoms with E-state index in [4.69, 9.17) is 15.9 Å². The van der Waals surface area contributed by atoms with Crippen LogP contribution in [0, 0.1) is 12.3 Å². The smallest absolute Gasteiger partial charge is 0.407 e. The third-order valence-corrected chi connectivity index (χ3v) is 2.39. The molecule has 0 radical (unpaired) electrons. The van der Waals surface area contributed by atoms with Crippen LogP contribution in [-0.2, 0) is 14.3 Å². The van der Waals surface area contributed by atoms with Gasteiger partial charge in [0.05, 0.1) is 12.5 Å². The molecule has 0 aromatic rings. The zero-order valence-corrected chi connectivity index (χ0v) is 11.0. The Hall–Kier alpha value is -1.54. The largest absolute Gasteiger partial charge is 0.444 e. The zero-order valence-electron chi connectivity index (χ0n) is 11.0. The van der Waals surface area contributed by atoms with Gasteiger partial charge in [0.1, 0.15) is 11.7 Å². The van der Waals surface area contributed by atoms with E-state index in [1.54, 1.807) is 20.8 Å². The molecule has 0 bridgehead atoms. The number of terminal acetylenes is 1. The highest BCUT2D eigenvalue weighted by atomic mass is 16.6. The Labute approximate surface area is 107 Å². The summed E-state index contributed by atoms with van der Waals surface area (Å²) >= 11 is 0. The lowest BCUT2D eigenvalue weighted by Gasteiger charge is -2.23. The van der Waals surface area contributed by atoms with Gasteiger partial charge < -0.3 is 14.8 Å². The first-order chi connectivity index (χ1) is 8.33. The Morgan fingerprint density at radius 2 is 2.17 bits per heavy atom. The van der Waals surface area contributed by atoms with Gasteiger partial charge >= 0.3 is 6.09 Å². The predicted octanol–water partition coefficient (Wildman–Crippen LogP) is 1.26. The SMILES string of the molecule is C#CCC(=O)C1OCCC1NC(=O)OC(C)(C)C. The molecule has 1 rings (SSSR count). The summed E-state index contributed by atoms with van der Waals surface area (Å²) in [5, 5.41) is 2.65. The standard InChI is InChI=1S/C13H19NO4/c1-5-6-10(15)11-9(7-8-17-11)14-12(16)18-13(2,3)4/h1,9,11H,6-8H2,2-4H3,(H,14,16). The number of alkyl carbamates (subject to hydrolysis) is 1. The maximum atomic E-state index is 11.7. The molecule has 0 aromatic carbocycles. The molecule has 1 aliphatic heterocycles. The van der Waals surface area contributed by atoms with Crippen molar-refractivity contribution in [3.8, 4) is 12.3 Å². The van der Waals surface area contributed by atoms with E-state index in [1.165, 1.54) is 0 Å². The molecule has 5 heteroatoms. The number of rotatable bonds is 3. The van der Waals surface area contributed by atoms with E-state index in [9.17, 15) is 9.59 Å². The van der Waals surface area contributed by atoms with Crippen molar-refractivity contribution >= 4 is 11.9 Å². The van der Waals surface area contributed by atoms with Crippen molar-refractivity contribution in [1.29, 1.82) is 0 Å². The number of ether oxygens (including phenoxy) is 2. The molecule has 18 heavy (non-hydrogen) atoms. The summed E-state index contributed by atoms with van der Waals surface area (Å²) in [6, 6.07) is -0.360. The molecular weight excluding hydrogens is 234 g/mol. The minimum Gasteiger partial charge on any atom is -0.444 e.